The fourth-order valence-corrected chi connectivity index (χ4v) is 3.77. The van der Waals surface area contributed by atoms with Gasteiger partial charge in [-0.2, -0.15) is 0 Å². The molecule has 0 amide bonds. The van der Waals surface area contributed by atoms with Gasteiger partial charge in [0.1, 0.15) is 18.0 Å². The van der Waals surface area contributed by atoms with Crippen LogP contribution in [0.3, 0.4) is 0 Å². The Morgan fingerprint density at radius 3 is 3.00 bits per heavy atom. The number of nitrogens with zero attached hydrogens (tertiary/aromatic N) is 3. The number of hydrogen-bond acceptors (Lipinski definition) is 5. The highest BCUT2D eigenvalue weighted by Crippen LogP contribution is 2.31. The molecular formula is C18H29N3O2. The Kier molecular flexibility index (Phi) is 5.86. The topological polar surface area (TPSA) is 37.8 Å². The van der Waals surface area contributed by atoms with Gasteiger partial charge in [0.05, 0.1) is 6.20 Å². The molecular weight excluding hydrogens is 290 g/mol. The van der Waals surface area contributed by atoms with E-state index >= 15 is 0 Å². The van der Waals surface area contributed by atoms with Gasteiger partial charge in [-0.05, 0) is 38.1 Å². The molecule has 3 heterocycles. The lowest BCUT2D eigenvalue weighted by atomic mass is 10.0. The van der Waals surface area contributed by atoms with Crippen molar-refractivity contribution >= 4 is 0 Å². The smallest absolute Gasteiger partial charge is 0.139 e. The lowest BCUT2D eigenvalue weighted by Gasteiger charge is -2.33. The zero-order valence-corrected chi connectivity index (χ0v) is 14.4. The lowest BCUT2D eigenvalue weighted by Crippen LogP contribution is -2.44. The SMILES string of the molecule is CCN(CC)CCN1C[C@@H](Oc2cccnc2)[C@H]2OCCC[C@H]21. The molecule has 0 unspecified atom stereocenters. The van der Waals surface area contributed by atoms with E-state index in [1.807, 2.05) is 12.1 Å². The minimum absolute atomic E-state index is 0.112. The summed E-state index contributed by atoms with van der Waals surface area (Å²) in [4.78, 5) is 9.20. The van der Waals surface area contributed by atoms with E-state index in [2.05, 4.69) is 28.6 Å². The average Bonchev–Trinajstić information content (AvgIpc) is 2.95. The van der Waals surface area contributed by atoms with Crippen molar-refractivity contribution in [3.8, 4) is 5.75 Å². The van der Waals surface area contributed by atoms with Crippen LogP contribution in [-0.2, 0) is 4.74 Å². The maximum Gasteiger partial charge on any atom is 0.139 e. The zero-order chi connectivity index (χ0) is 16.1. The molecule has 2 aliphatic heterocycles. The van der Waals surface area contributed by atoms with Crippen LogP contribution in [0.25, 0.3) is 0 Å². The summed E-state index contributed by atoms with van der Waals surface area (Å²) in [6.45, 7) is 10.7. The maximum absolute atomic E-state index is 6.19. The molecule has 0 radical (unpaired) electrons. The average molecular weight is 319 g/mol. The predicted octanol–water partition coefficient (Wildman–Crippen LogP) is 2.03. The Morgan fingerprint density at radius 2 is 2.26 bits per heavy atom. The molecule has 2 fully saturated rings. The molecule has 0 saturated carbocycles. The Morgan fingerprint density at radius 1 is 1.39 bits per heavy atom. The molecule has 0 aromatic carbocycles. The fraction of sp³-hybridized carbons (Fsp3) is 0.722. The summed E-state index contributed by atoms with van der Waals surface area (Å²) in [5.41, 5.74) is 0. The van der Waals surface area contributed by atoms with E-state index in [0.717, 1.165) is 51.5 Å². The monoisotopic (exact) mass is 319 g/mol. The van der Waals surface area contributed by atoms with Crippen molar-refractivity contribution in [3.05, 3.63) is 24.5 Å². The van der Waals surface area contributed by atoms with Crippen molar-refractivity contribution in [2.45, 2.75) is 44.9 Å². The quantitative estimate of drug-likeness (QED) is 0.769. The third-order valence-electron chi connectivity index (χ3n) is 5.10. The van der Waals surface area contributed by atoms with Crippen LogP contribution in [0.1, 0.15) is 26.7 Å². The number of fused-ring (bicyclic) bond motifs is 1. The number of hydrogen-bond donors (Lipinski definition) is 0. The molecule has 1 aromatic heterocycles. The summed E-state index contributed by atoms with van der Waals surface area (Å²) in [7, 11) is 0. The molecule has 0 bridgehead atoms. The van der Waals surface area contributed by atoms with Crippen LogP contribution in [0.5, 0.6) is 5.75 Å². The zero-order valence-electron chi connectivity index (χ0n) is 14.4. The second kappa shape index (κ2) is 8.08. The van der Waals surface area contributed by atoms with E-state index in [9.17, 15) is 0 Å². The summed E-state index contributed by atoms with van der Waals surface area (Å²) in [6, 6.07) is 4.39. The van der Waals surface area contributed by atoms with Crippen LogP contribution in [0.4, 0.5) is 0 Å². The van der Waals surface area contributed by atoms with Crippen LogP contribution in [0.2, 0.25) is 0 Å². The number of ether oxygens (including phenoxy) is 2. The van der Waals surface area contributed by atoms with Crippen molar-refractivity contribution < 1.29 is 9.47 Å². The number of aromatic nitrogens is 1. The second-order valence-corrected chi connectivity index (χ2v) is 6.41. The van der Waals surface area contributed by atoms with Gasteiger partial charge in [-0.25, -0.2) is 0 Å². The van der Waals surface area contributed by atoms with Gasteiger partial charge in [-0.3, -0.25) is 9.88 Å². The number of likely N-dealkylation sites (tertiary alicyclic amines) is 1. The van der Waals surface area contributed by atoms with Crippen LogP contribution in [0, 0.1) is 0 Å². The predicted molar refractivity (Wildman–Crippen MR) is 90.8 cm³/mol. The van der Waals surface area contributed by atoms with E-state index in [1.54, 1.807) is 12.4 Å². The minimum Gasteiger partial charge on any atom is -0.485 e. The first-order chi connectivity index (χ1) is 11.3. The molecule has 3 atom stereocenters. The van der Waals surface area contributed by atoms with E-state index in [0.29, 0.717) is 6.04 Å². The fourth-order valence-electron chi connectivity index (χ4n) is 3.77. The van der Waals surface area contributed by atoms with E-state index in [1.165, 1.54) is 6.42 Å². The van der Waals surface area contributed by atoms with Gasteiger partial charge in [0.25, 0.3) is 0 Å². The lowest BCUT2D eigenvalue weighted by molar-refractivity contribution is -0.0469. The van der Waals surface area contributed by atoms with Gasteiger partial charge in [0.2, 0.25) is 0 Å². The first kappa shape index (κ1) is 16.7. The van der Waals surface area contributed by atoms with Gasteiger partial charge < -0.3 is 14.4 Å². The normalized spacial score (nSPS) is 28.0. The van der Waals surface area contributed by atoms with Crippen LogP contribution >= 0.6 is 0 Å². The highest BCUT2D eigenvalue weighted by atomic mass is 16.5. The number of rotatable bonds is 7. The standard InChI is InChI=1S/C18H29N3O2/c1-3-20(4-2)10-11-21-14-17(18-16(21)8-6-12-22-18)23-15-7-5-9-19-13-15/h5,7,9,13,16-18H,3-4,6,8,10-12,14H2,1-2H3/t16-,17-,18+/m1/s1. The Labute approximate surface area is 139 Å². The molecule has 0 spiro atoms. The van der Waals surface area contributed by atoms with Gasteiger partial charge in [0.15, 0.2) is 0 Å². The molecule has 0 aliphatic carbocycles. The highest BCUT2D eigenvalue weighted by Gasteiger charge is 2.45. The van der Waals surface area contributed by atoms with Crippen molar-refractivity contribution in [2.75, 3.05) is 39.3 Å². The molecule has 2 aliphatic rings. The van der Waals surface area contributed by atoms with Gasteiger partial charge >= 0.3 is 0 Å². The van der Waals surface area contributed by atoms with Crippen molar-refractivity contribution in [1.82, 2.24) is 14.8 Å². The Balaban J connectivity index is 1.62. The minimum atomic E-state index is 0.112. The molecule has 5 nitrogen and oxygen atoms in total. The molecule has 0 N–H and O–H groups in total. The molecule has 23 heavy (non-hydrogen) atoms. The van der Waals surface area contributed by atoms with Gasteiger partial charge in [-0.1, -0.05) is 13.8 Å². The van der Waals surface area contributed by atoms with Crippen molar-refractivity contribution in [3.63, 3.8) is 0 Å². The summed E-state index contributed by atoms with van der Waals surface area (Å²) in [5, 5.41) is 0. The van der Waals surface area contributed by atoms with Crippen LogP contribution in [-0.4, -0.2) is 72.4 Å². The summed E-state index contributed by atoms with van der Waals surface area (Å²) in [5.74, 6) is 0.844. The summed E-state index contributed by atoms with van der Waals surface area (Å²) >= 11 is 0. The first-order valence-corrected chi connectivity index (χ1v) is 8.96. The molecule has 128 valence electrons. The Bertz CT molecular complexity index is 467. The first-order valence-electron chi connectivity index (χ1n) is 8.96. The van der Waals surface area contributed by atoms with Crippen LogP contribution in [0.15, 0.2) is 24.5 Å². The van der Waals surface area contributed by atoms with E-state index in [4.69, 9.17) is 9.47 Å². The molecule has 1 aromatic rings. The van der Waals surface area contributed by atoms with Gasteiger partial charge in [-0.15, -0.1) is 0 Å². The van der Waals surface area contributed by atoms with E-state index < -0.39 is 0 Å². The van der Waals surface area contributed by atoms with E-state index in [-0.39, 0.29) is 12.2 Å². The van der Waals surface area contributed by atoms with Gasteiger partial charge in [0, 0.05) is 38.5 Å². The molecule has 5 heteroatoms. The maximum atomic E-state index is 6.19. The van der Waals surface area contributed by atoms with Crippen molar-refractivity contribution in [2.24, 2.45) is 0 Å². The molecule has 3 rings (SSSR count). The second-order valence-electron chi connectivity index (χ2n) is 6.41. The molecule has 2 saturated heterocycles. The Hall–Kier alpha value is -1.17. The third kappa shape index (κ3) is 4.03. The van der Waals surface area contributed by atoms with Crippen LogP contribution < -0.4 is 4.74 Å². The number of pyridine rings is 1. The third-order valence-corrected chi connectivity index (χ3v) is 5.10. The van der Waals surface area contributed by atoms with Crippen molar-refractivity contribution in [1.29, 1.82) is 0 Å². The summed E-state index contributed by atoms with van der Waals surface area (Å²) < 4.78 is 12.3. The largest absolute Gasteiger partial charge is 0.485 e. The number of likely N-dealkylation sites (N-methyl/N-ethyl adjacent to an activating group) is 1. The highest BCUT2D eigenvalue weighted by molar-refractivity contribution is 5.17. The summed E-state index contributed by atoms with van der Waals surface area (Å²) in [6.07, 6.45) is 6.24.